The molecule has 1 N–H and O–H groups in total. The quantitative estimate of drug-likeness (QED) is 0.547. The fourth-order valence-electron chi connectivity index (χ4n) is 1.18. The molecule has 17 heavy (non-hydrogen) atoms. The number of aromatic hydroxyl groups is 1. The van der Waals surface area contributed by atoms with Gasteiger partial charge in [0.25, 0.3) is 0 Å². The molecule has 5 heteroatoms. The van der Waals surface area contributed by atoms with Crippen molar-refractivity contribution in [3.05, 3.63) is 23.8 Å². The van der Waals surface area contributed by atoms with Crippen molar-refractivity contribution in [2.45, 2.75) is 0 Å². The zero-order chi connectivity index (χ0) is 12.5. The second kappa shape index (κ2) is 7.65. The maximum Gasteiger partial charge on any atom is 0.161 e. The van der Waals surface area contributed by atoms with E-state index in [9.17, 15) is 9.90 Å². The SMILES string of the molecule is COCCOCCOc1ccc(C=O)cc1O. The first-order valence-corrected chi connectivity index (χ1v) is 5.25. The largest absolute Gasteiger partial charge is 0.504 e. The molecular formula is C12H16O5. The molecule has 5 nitrogen and oxygen atoms in total. The molecule has 0 unspecified atom stereocenters. The van der Waals surface area contributed by atoms with Gasteiger partial charge in [0.1, 0.15) is 12.9 Å². The summed E-state index contributed by atoms with van der Waals surface area (Å²) in [6.07, 6.45) is 0.664. The second-order valence-corrected chi connectivity index (χ2v) is 3.30. The van der Waals surface area contributed by atoms with Gasteiger partial charge in [0.05, 0.1) is 19.8 Å². The number of phenols is 1. The van der Waals surface area contributed by atoms with Crippen molar-refractivity contribution < 1.29 is 24.1 Å². The first kappa shape index (κ1) is 13.5. The van der Waals surface area contributed by atoms with E-state index in [0.29, 0.717) is 44.0 Å². The molecule has 0 saturated heterocycles. The van der Waals surface area contributed by atoms with Gasteiger partial charge < -0.3 is 19.3 Å². The second-order valence-electron chi connectivity index (χ2n) is 3.30. The third kappa shape index (κ3) is 4.84. The van der Waals surface area contributed by atoms with Crippen molar-refractivity contribution in [1.82, 2.24) is 0 Å². The van der Waals surface area contributed by atoms with Gasteiger partial charge >= 0.3 is 0 Å². The smallest absolute Gasteiger partial charge is 0.161 e. The summed E-state index contributed by atoms with van der Waals surface area (Å²) in [4.78, 5) is 10.4. The van der Waals surface area contributed by atoms with E-state index in [0.717, 1.165) is 0 Å². The molecule has 0 saturated carbocycles. The molecule has 0 bridgehead atoms. The van der Waals surface area contributed by atoms with Crippen molar-refractivity contribution in [3.63, 3.8) is 0 Å². The standard InChI is InChI=1S/C12H16O5/c1-15-4-5-16-6-7-17-12-3-2-10(9-13)8-11(12)14/h2-3,8-9,14H,4-7H2,1H3. The Labute approximate surface area is 99.9 Å². The van der Waals surface area contributed by atoms with Crippen LogP contribution in [-0.2, 0) is 9.47 Å². The monoisotopic (exact) mass is 240 g/mol. The van der Waals surface area contributed by atoms with E-state index in [1.807, 2.05) is 0 Å². The van der Waals surface area contributed by atoms with Gasteiger partial charge in [0.15, 0.2) is 11.5 Å². The average Bonchev–Trinajstić information content (AvgIpc) is 2.35. The maximum atomic E-state index is 10.4. The van der Waals surface area contributed by atoms with Crippen molar-refractivity contribution in [2.24, 2.45) is 0 Å². The molecule has 1 rings (SSSR count). The van der Waals surface area contributed by atoms with Crippen molar-refractivity contribution in [3.8, 4) is 11.5 Å². The van der Waals surface area contributed by atoms with Crippen LogP contribution in [0.25, 0.3) is 0 Å². The topological polar surface area (TPSA) is 65.0 Å². The van der Waals surface area contributed by atoms with Crippen LogP contribution in [0.4, 0.5) is 0 Å². The van der Waals surface area contributed by atoms with Gasteiger partial charge in [-0.2, -0.15) is 0 Å². The highest BCUT2D eigenvalue weighted by Gasteiger charge is 2.03. The van der Waals surface area contributed by atoms with Crippen molar-refractivity contribution in [1.29, 1.82) is 0 Å². The number of carbonyl (C=O) groups excluding carboxylic acids is 1. The Morgan fingerprint density at radius 1 is 1.24 bits per heavy atom. The molecule has 0 fully saturated rings. The summed E-state index contributed by atoms with van der Waals surface area (Å²) in [6, 6.07) is 4.48. The molecule has 0 aliphatic heterocycles. The van der Waals surface area contributed by atoms with Gasteiger partial charge in [-0.05, 0) is 18.2 Å². The minimum Gasteiger partial charge on any atom is -0.504 e. The highest BCUT2D eigenvalue weighted by atomic mass is 16.5. The normalized spacial score (nSPS) is 10.2. The predicted octanol–water partition coefficient (Wildman–Crippen LogP) is 1.25. The number of hydrogen-bond acceptors (Lipinski definition) is 5. The number of hydrogen-bond donors (Lipinski definition) is 1. The van der Waals surface area contributed by atoms with E-state index in [2.05, 4.69) is 0 Å². The van der Waals surface area contributed by atoms with E-state index in [-0.39, 0.29) is 5.75 Å². The van der Waals surface area contributed by atoms with Crippen LogP contribution in [0.3, 0.4) is 0 Å². The molecule has 1 aromatic carbocycles. The summed E-state index contributed by atoms with van der Waals surface area (Å²) in [5.41, 5.74) is 0.409. The molecule has 0 heterocycles. The summed E-state index contributed by atoms with van der Waals surface area (Å²) in [5.74, 6) is 0.289. The first-order chi connectivity index (χ1) is 8.27. The average molecular weight is 240 g/mol. The summed E-state index contributed by atoms with van der Waals surface area (Å²) in [5, 5.41) is 9.52. The van der Waals surface area contributed by atoms with E-state index in [4.69, 9.17) is 14.2 Å². The Balaban J connectivity index is 2.29. The molecule has 0 amide bonds. The lowest BCUT2D eigenvalue weighted by atomic mass is 10.2. The fourth-order valence-corrected chi connectivity index (χ4v) is 1.18. The minimum atomic E-state index is -0.0495. The number of methoxy groups -OCH3 is 1. The summed E-state index contributed by atoms with van der Waals surface area (Å²) < 4.78 is 15.3. The number of benzene rings is 1. The van der Waals surface area contributed by atoms with E-state index in [1.54, 1.807) is 19.2 Å². The molecule has 0 spiro atoms. The highest BCUT2D eigenvalue weighted by Crippen LogP contribution is 2.25. The number of ether oxygens (including phenoxy) is 3. The summed E-state index contributed by atoms with van der Waals surface area (Å²) >= 11 is 0. The van der Waals surface area contributed by atoms with Crippen LogP contribution in [0, 0.1) is 0 Å². The van der Waals surface area contributed by atoms with Crippen LogP contribution in [0.5, 0.6) is 11.5 Å². The predicted molar refractivity (Wildman–Crippen MR) is 61.7 cm³/mol. The summed E-state index contributed by atoms with van der Waals surface area (Å²) in [6.45, 7) is 1.80. The van der Waals surface area contributed by atoms with E-state index >= 15 is 0 Å². The lowest BCUT2D eigenvalue weighted by Crippen LogP contribution is -2.10. The summed E-state index contributed by atoms with van der Waals surface area (Å²) in [7, 11) is 1.60. The van der Waals surface area contributed by atoms with Crippen LogP contribution in [0.1, 0.15) is 10.4 Å². The molecule has 0 aromatic heterocycles. The van der Waals surface area contributed by atoms with Gasteiger partial charge in [-0.1, -0.05) is 0 Å². The Hall–Kier alpha value is -1.59. The van der Waals surface area contributed by atoms with Crippen LogP contribution < -0.4 is 4.74 Å². The number of phenolic OH excluding ortho intramolecular Hbond substituents is 1. The van der Waals surface area contributed by atoms with Crippen LogP contribution in [-0.4, -0.2) is 44.9 Å². The molecule has 0 atom stereocenters. The van der Waals surface area contributed by atoms with Crippen molar-refractivity contribution >= 4 is 6.29 Å². The Kier molecular flexibility index (Phi) is 6.06. The Bertz CT molecular complexity index is 351. The van der Waals surface area contributed by atoms with Crippen LogP contribution in [0.2, 0.25) is 0 Å². The van der Waals surface area contributed by atoms with Gasteiger partial charge in [-0.3, -0.25) is 4.79 Å². The van der Waals surface area contributed by atoms with E-state index in [1.165, 1.54) is 6.07 Å². The van der Waals surface area contributed by atoms with Gasteiger partial charge in [0, 0.05) is 12.7 Å². The lowest BCUT2D eigenvalue weighted by molar-refractivity contribution is 0.0540. The highest BCUT2D eigenvalue weighted by molar-refractivity contribution is 5.76. The molecule has 94 valence electrons. The van der Waals surface area contributed by atoms with Crippen LogP contribution in [0.15, 0.2) is 18.2 Å². The molecule has 0 radical (unpaired) electrons. The van der Waals surface area contributed by atoms with Crippen molar-refractivity contribution in [2.75, 3.05) is 33.5 Å². The van der Waals surface area contributed by atoms with Gasteiger partial charge in [-0.25, -0.2) is 0 Å². The molecular weight excluding hydrogens is 224 g/mol. The molecule has 0 aliphatic rings. The number of carbonyl (C=O) groups is 1. The van der Waals surface area contributed by atoms with Gasteiger partial charge in [-0.15, -0.1) is 0 Å². The van der Waals surface area contributed by atoms with E-state index < -0.39 is 0 Å². The molecule has 0 aliphatic carbocycles. The lowest BCUT2D eigenvalue weighted by Gasteiger charge is -2.08. The third-order valence-electron chi connectivity index (χ3n) is 2.04. The maximum absolute atomic E-state index is 10.4. The number of rotatable bonds is 8. The van der Waals surface area contributed by atoms with Crippen LogP contribution >= 0.6 is 0 Å². The Morgan fingerprint density at radius 2 is 2.00 bits per heavy atom. The first-order valence-electron chi connectivity index (χ1n) is 5.25. The fraction of sp³-hybridized carbons (Fsp3) is 0.417. The number of aldehydes is 1. The minimum absolute atomic E-state index is 0.0495. The zero-order valence-corrected chi connectivity index (χ0v) is 9.72. The zero-order valence-electron chi connectivity index (χ0n) is 9.72. The third-order valence-corrected chi connectivity index (χ3v) is 2.04. The molecule has 1 aromatic rings. The Morgan fingerprint density at radius 3 is 2.65 bits per heavy atom. The van der Waals surface area contributed by atoms with Gasteiger partial charge in [0.2, 0.25) is 0 Å².